The summed E-state index contributed by atoms with van der Waals surface area (Å²) in [5.74, 6) is 0. The Morgan fingerprint density at radius 1 is 1.08 bits per heavy atom. The Labute approximate surface area is 80.7 Å². The highest BCUT2D eigenvalue weighted by atomic mass is 16.7. The molecule has 0 unspecified atom stereocenters. The van der Waals surface area contributed by atoms with Gasteiger partial charge in [-0.15, -0.1) is 0 Å². The van der Waals surface area contributed by atoms with Crippen molar-refractivity contribution in [2.24, 2.45) is 0 Å². The van der Waals surface area contributed by atoms with Gasteiger partial charge in [0.05, 0.1) is 6.26 Å². The first-order chi connectivity index (χ1) is 6.35. The first-order valence-corrected chi connectivity index (χ1v) is 4.84. The number of allylic oxidation sites excluding steroid dienone is 1. The normalized spacial score (nSPS) is 11.4. The molecule has 0 amide bonds. The molecule has 0 aliphatic rings. The molecule has 13 heavy (non-hydrogen) atoms. The Morgan fingerprint density at radius 3 is 2.15 bits per heavy atom. The zero-order valence-electron chi connectivity index (χ0n) is 8.79. The van der Waals surface area contributed by atoms with Gasteiger partial charge in [-0.25, -0.2) is 0 Å². The van der Waals surface area contributed by atoms with Gasteiger partial charge in [0.2, 0.25) is 0 Å². The van der Waals surface area contributed by atoms with Crippen LogP contribution in [0, 0.1) is 0 Å². The second-order valence-electron chi connectivity index (χ2n) is 2.45. The molecule has 0 fully saturated rings. The van der Waals surface area contributed by atoms with E-state index in [2.05, 4.69) is 6.92 Å². The van der Waals surface area contributed by atoms with Crippen molar-refractivity contribution in [3.8, 4) is 0 Å². The average Bonchev–Trinajstić information content (AvgIpc) is 2.13. The number of hydrogen-bond acceptors (Lipinski definition) is 3. The Kier molecular flexibility index (Phi) is 9.15. The van der Waals surface area contributed by atoms with Crippen molar-refractivity contribution in [2.45, 2.75) is 33.5 Å². The molecule has 0 aliphatic heterocycles. The Morgan fingerprint density at radius 2 is 1.69 bits per heavy atom. The number of ether oxygens (including phenoxy) is 3. The van der Waals surface area contributed by atoms with E-state index < -0.39 is 0 Å². The van der Waals surface area contributed by atoms with E-state index in [-0.39, 0.29) is 6.29 Å². The number of rotatable bonds is 8. The molecule has 0 atom stereocenters. The third kappa shape index (κ3) is 7.81. The van der Waals surface area contributed by atoms with Gasteiger partial charge < -0.3 is 14.2 Å². The SMILES string of the molecule is CCC=COCC(OCC)OCC. The van der Waals surface area contributed by atoms with Gasteiger partial charge in [-0.2, -0.15) is 0 Å². The quantitative estimate of drug-likeness (QED) is 0.432. The number of hydrogen-bond donors (Lipinski definition) is 0. The second kappa shape index (κ2) is 9.55. The minimum atomic E-state index is -0.239. The molecular weight excluding hydrogens is 168 g/mol. The third-order valence-electron chi connectivity index (χ3n) is 1.37. The van der Waals surface area contributed by atoms with Crippen LogP contribution in [0.15, 0.2) is 12.3 Å². The minimum absolute atomic E-state index is 0.239. The molecule has 0 rings (SSSR count). The maximum Gasteiger partial charge on any atom is 0.191 e. The van der Waals surface area contributed by atoms with Gasteiger partial charge in [0.1, 0.15) is 6.61 Å². The van der Waals surface area contributed by atoms with Crippen LogP contribution in [0.5, 0.6) is 0 Å². The van der Waals surface area contributed by atoms with Crippen LogP contribution in [0.3, 0.4) is 0 Å². The molecule has 0 aromatic rings. The van der Waals surface area contributed by atoms with Gasteiger partial charge in [-0.1, -0.05) is 13.0 Å². The van der Waals surface area contributed by atoms with Crippen LogP contribution >= 0.6 is 0 Å². The lowest BCUT2D eigenvalue weighted by molar-refractivity contribution is -0.158. The highest BCUT2D eigenvalue weighted by Crippen LogP contribution is 1.96. The largest absolute Gasteiger partial charge is 0.496 e. The van der Waals surface area contributed by atoms with Crippen molar-refractivity contribution in [1.29, 1.82) is 0 Å². The van der Waals surface area contributed by atoms with Crippen LogP contribution in [0.4, 0.5) is 0 Å². The van der Waals surface area contributed by atoms with Gasteiger partial charge in [-0.05, 0) is 20.3 Å². The van der Waals surface area contributed by atoms with E-state index in [4.69, 9.17) is 14.2 Å². The van der Waals surface area contributed by atoms with Crippen molar-refractivity contribution in [3.63, 3.8) is 0 Å². The van der Waals surface area contributed by atoms with Gasteiger partial charge in [0, 0.05) is 13.2 Å². The van der Waals surface area contributed by atoms with E-state index in [1.54, 1.807) is 6.26 Å². The molecule has 0 heterocycles. The average molecular weight is 188 g/mol. The summed E-state index contributed by atoms with van der Waals surface area (Å²) in [5.41, 5.74) is 0. The summed E-state index contributed by atoms with van der Waals surface area (Å²) < 4.78 is 15.8. The summed E-state index contributed by atoms with van der Waals surface area (Å²) in [5, 5.41) is 0. The van der Waals surface area contributed by atoms with E-state index in [0.29, 0.717) is 19.8 Å². The van der Waals surface area contributed by atoms with Crippen molar-refractivity contribution in [1.82, 2.24) is 0 Å². The molecule has 0 aromatic heterocycles. The summed E-state index contributed by atoms with van der Waals surface area (Å²) >= 11 is 0. The summed E-state index contributed by atoms with van der Waals surface area (Å²) in [7, 11) is 0. The molecule has 3 heteroatoms. The van der Waals surface area contributed by atoms with E-state index in [9.17, 15) is 0 Å². The van der Waals surface area contributed by atoms with Gasteiger partial charge in [0.15, 0.2) is 6.29 Å². The van der Waals surface area contributed by atoms with Crippen molar-refractivity contribution in [2.75, 3.05) is 19.8 Å². The highest BCUT2D eigenvalue weighted by Gasteiger charge is 2.06. The molecule has 0 aliphatic carbocycles. The lowest BCUT2D eigenvalue weighted by Gasteiger charge is -2.15. The fraction of sp³-hybridized carbons (Fsp3) is 0.800. The molecule has 0 bridgehead atoms. The first kappa shape index (κ1) is 12.5. The highest BCUT2D eigenvalue weighted by molar-refractivity contribution is 4.70. The van der Waals surface area contributed by atoms with Gasteiger partial charge >= 0.3 is 0 Å². The minimum Gasteiger partial charge on any atom is -0.496 e. The van der Waals surface area contributed by atoms with E-state index in [0.717, 1.165) is 6.42 Å². The van der Waals surface area contributed by atoms with Crippen LogP contribution in [0.1, 0.15) is 27.2 Å². The lowest BCUT2D eigenvalue weighted by atomic mass is 10.5. The van der Waals surface area contributed by atoms with Crippen LogP contribution in [0.2, 0.25) is 0 Å². The molecule has 0 saturated heterocycles. The molecule has 3 nitrogen and oxygen atoms in total. The topological polar surface area (TPSA) is 27.7 Å². The van der Waals surface area contributed by atoms with Crippen molar-refractivity contribution < 1.29 is 14.2 Å². The van der Waals surface area contributed by atoms with Crippen molar-refractivity contribution >= 4 is 0 Å². The molecule has 0 aromatic carbocycles. The monoisotopic (exact) mass is 188 g/mol. The van der Waals surface area contributed by atoms with Crippen LogP contribution in [0.25, 0.3) is 0 Å². The summed E-state index contributed by atoms with van der Waals surface area (Å²) in [6.07, 6.45) is 4.38. The summed E-state index contributed by atoms with van der Waals surface area (Å²) in [4.78, 5) is 0. The van der Waals surface area contributed by atoms with E-state index >= 15 is 0 Å². The summed E-state index contributed by atoms with van der Waals surface area (Å²) in [6, 6.07) is 0. The zero-order chi connectivity index (χ0) is 9.94. The van der Waals surface area contributed by atoms with Crippen LogP contribution < -0.4 is 0 Å². The summed E-state index contributed by atoms with van der Waals surface area (Å²) in [6.45, 7) is 7.68. The molecule has 0 spiro atoms. The molecular formula is C10H20O3. The molecule has 0 saturated carbocycles. The van der Waals surface area contributed by atoms with E-state index in [1.165, 1.54) is 0 Å². The lowest BCUT2D eigenvalue weighted by Crippen LogP contribution is -2.22. The van der Waals surface area contributed by atoms with Crippen LogP contribution in [-0.4, -0.2) is 26.1 Å². The van der Waals surface area contributed by atoms with Gasteiger partial charge in [0.25, 0.3) is 0 Å². The maximum atomic E-state index is 5.28. The van der Waals surface area contributed by atoms with Gasteiger partial charge in [-0.3, -0.25) is 0 Å². The molecule has 0 radical (unpaired) electrons. The first-order valence-electron chi connectivity index (χ1n) is 4.84. The van der Waals surface area contributed by atoms with Crippen LogP contribution in [-0.2, 0) is 14.2 Å². The Bertz CT molecular complexity index is 117. The molecule has 0 N–H and O–H groups in total. The second-order valence-corrected chi connectivity index (χ2v) is 2.45. The predicted molar refractivity (Wildman–Crippen MR) is 52.4 cm³/mol. The third-order valence-corrected chi connectivity index (χ3v) is 1.37. The Balaban J connectivity index is 3.49. The van der Waals surface area contributed by atoms with Crippen molar-refractivity contribution in [3.05, 3.63) is 12.3 Å². The maximum absolute atomic E-state index is 5.28. The predicted octanol–water partition coefficient (Wildman–Crippen LogP) is 2.33. The smallest absolute Gasteiger partial charge is 0.191 e. The molecule has 78 valence electrons. The van der Waals surface area contributed by atoms with E-state index in [1.807, 2.05) is 19.9 Å². The zero-order valence-corrected chi connectivity index (χ0v) is 8.79. The standard InChI is InChI=1S/C10H20O3/c1-4-7-8-11-9-10(12-5-2)13-6-3/h7-8,10H,4-6,9H2,1-3H3. The fourth-order valence-electron chi connectivity index (χ4n) is 0.815. The Hall–Kier alpha value is -0.540. The fourth-order valence-corrected chi connectivity index (χ4v) is 0.815.